The quantitative estimate of drug-likeness (QED) is 0.855. The minimum Gasteiger partial charge on any atom is -0.382 e. The number of hydrogen-bond acceptors (Lipinski definition) is 3. The highest BCUT2D eigenvalue weighted by Crippen LogP contribution is 2.29. The lowest BCUT2D eigenvalue weighted by Crippen LogP contribution is -2.08. The molecule has 0 aliphatic heterocycles. The van der Waals surface area contributed by atoms with Crippen molar-refractivity contribution in [2.75, 3.05) is 0 Å². The van der Waals surface area contributed by atoms with Gasteiger partial charge in [-0.3, -0.25) is 9.97 Å². The fraction of sp³-hybridized carbons (Fsp3) is 0.167. The standard InChI is InChI=1S/C12H8F4N2O/c13-9-3-7(4-17-6-9)11(19)10-2-1-8(5-18-10)12(14,15)16/h1-6,11,19H. The molecule has 0 fully saturated rings. The molecule has 0 spiro atoms. The third-order valence-electron chi connectivity index (χ3n) is 2.44. The monoisotopic (exact) mass is 272 g/mol. The van der Waals surface area contributed by atoms with Crippen molar-refractivity contribution >= 4 is 0 Å². The lowest BCUT2D eigenvalue weighted by molar-refractivity contribution is -0.137. The zero-order valence-electron chi connectivity index (χ0n) is 9.39. The molecule has 0 aromatic carbocycles. The van der Waals surface area contributed by atoms with Crippen LogP contribution in [0.1, 0.15) is 22.9 Å². The molecule has 3 nitrogen and oxygen atoms in total. The maximum absolute atomic E-state index is 12.9. The van der Waals surface area contributed by atoms with Crippen LogP contribution in [0.15, 0.2) is 36.8 Å². The van der Waals surface area contributed by atoms with E-state index >= 15 is 0 Å². The maximum Gasteiger partial charge on any atom is 0.417 e. The number of halogens is 4. The smallest absolute Gasteiger partial charge is 0.382 e. The van der Waals surface area contributed by atoms with Crippen molar-refractivity contribution in [2.24, 2.45) is 0 Å². The van der Waals surface area contributed by atoms with Crippen LogP contribution in [-0.4, -0.2) is 15.1 Å². The number of rotatable bonds is 2. The van der Waals surface area contributed by atoms with E-state index in [4.69, 9.17) is 0 Å². The molecule has 100 valence electrons. The van der Waals surface area contributed by atoms with Gasteiger partial charge in [-0.25, -0.2) is 4.39 Å². The van der Waals surface area contributed by atoms with Gasteiger partial charge in [-0.1, -0.05) is 0 Å². The molecule has 2 aromatic heterocycles. The van der Waals surface area contributed by atoms with Crippen LogP contribution in [0.4, 0.5) is 17.6 Å². The van der Waals surface area contributed by atoms with Gasteiger partial charge in [-0.2, -0.15) is 13.2 Å². The zero-order chi connectivity index (χ0) is 14.0. The van der Waals surface area contributed by atoms with Crippen molar-refractivity contribution in [1.29, 1.82) is 0 Å². The number of aliphatic hydroxyl groups excluding tert-OH is 1. The number of pyridine rings is 2. The molecule has 0 saturated carbocycles. The Hall–Kier alpha value is -2.02. The molecule has 7 heteroatoms. The van der Waals surface area contributed by atoms with Crippen LogP contribution < -0.4 is 0 Å². The SMILES string of the molecule is OC(c1cncc(F)c1)c1ccc(C(F)(F)F)cn1. The first-order valence-corrected chi connectivity index (χ1v) is 5.19. The first-order valence-electron chi connectivity index (χ1n) is 5.19. The van der Waals surface area contributed by atoms with E-state index in [9.17, 15) is 22.7 Å². The van der Waals surface area contributed by atoms with Crippen LogP contribution >= 0.6 is 0 Å². The summed E-state index contributed by atoms with van der Waals surface area (Å²) in [5, 5.41) is 9.86. The average Bonchev–Trinajstić information content (AvgIpc) is 2.37. The van der Waals surface area contributed by atoms with Crippen LogP contribution in [0.5, 0.6) is 0 Å². The Balaban J connectivity index is 2.27. The Bertz CT molecular complexity index is 569. The molecule has 0 aliphatic carbocycles. The number of aromatic nitrogens is 2. The molecular weight excluding hydrogens is 264 g/mol. The van der Waals surface area contributed by atoms with Gasteiger partial charge in [0.25, 0.3) is 0 Å². The third-order valence-corrected chi connectivity index (χ3v) is 2.44. The van der Waals surface area contributed by atoms with Gasteiger partial charge in [0.2, 0.25) is 0 Å². The molecule has 1 N–H and O–H groups in total. The van der Waals surface area contributed by atoms with Gasteiger partial charge < -0.3 is 5.11 Å². The second kappa shape index (κ2) is 4.93. The summed E-state index contributed by atoms with van der Waals surface area (Å²) in [6.07, 6.45) is -3.03. The van der Waals surface area contributed by atoms with Crippen molar-refractivity contribution in [3.63, 3.8) is 0 Å². The average molecular weight is 272 g/mol. The topological polar surface area (TPSA) is 46.0 Å². The summed E-state index contributed by atoms with van der Waals surface area (Å²) in [5.41, 5.74) is -0.812. The van der Waals surface area contributed by atoms with Crippen LogP contribution in [-0.2, 0) is 6.18 Å². The van der Waals surface area contributed by atoms with Crippen molar-refractivity contribution in [1.82, 2.24) is 9.97 Å². The maximum atomic E-state index is 12.9. The first-order chi connectivity index (χ1) is 8.88. The van der Waals surface area contributed by atoms with E-state index in [1.165, 1.54) is 6.20 Å². The minimum absolute atomic E-state index is 0.0135. The summed E-state index contributed by atoms with van der Waals surface area (Å²) in [6.45, 7) is 0. The molecule has 0 radical (unpaired) electrons. The normalized spacial score (nSPS) is 13.3. The summed E-state index contributed by atoms with van der Waals surface area (Å²) < 4.78 is 49.9. The largest absolute Gasteiger partial charge is 0.417 e. The first kappa shape index (κ1) is 13.4. The van der Waals surface area contributed by atoms with Gasteiger partial charge in [0.1, 0.15) is 11.9 Å². The fourth-order valence-electron chi connectivity index (χ4n) is 1.48. The highest BCUT2D eigenvalue weighted by Gasteiger charge is 2.31. The lowest BCUT2D eigenvalue weighted by atomic mass is 10.1. The molecule has 2 heterocycles. The summed E-state index contributed by atoms with van der Waals surface area (Å²) >= 11 is 0. The van der Waals surface area contributed by atoms with E-state index < -0.39 is 23.7 Å². The fourth-order valence-corrected chi connectivity index (χ4v) is 1.48. The number of hydrogen-bond donors (Lipinski definition) is 1. The highest BCUT2D eigenvalue weighted by atomic mass is 19.4. The van der Waals surface area contributed by atoms with E-state index in [0.29, 0.717) is 6.20 Å². The second-order valence-electron chi connectivity index (χ2n) is 3.81. The predicted molar refractivity (Wildman–Crippen MR) is 57.5 cm³/mol. The molecule has 19 heavy (non-hydrogen) atoms. The Morgan fingerprint density at radius 2 is 1.84 bits per heavy atom. The molecule has 0 aliphatic rings. The van der Waals surface area contributed by atoms with Gasteiger partial charge >= 0.3 is 6.18 Å². The molecule has 0 bridgehead atoms. The molecule has 1 atom stereocenters. The van der Waals surface area contributed by atoms with Crippen molar-refractivity contribution in [3.8, 4) is 0 Å². The Labute approximate surface area is 105 Å². The summed E-state index contributed by atoms with van der Waals surface area (Å²) in [7, 11) is 0. The second-order valence-corrected chi connectivity index (χ2v) is 3.81. The molecule has 2 aromatic rings. The Morgan fingerprint density at radius 1 is 1.11 bits per heavy atom. The molecule has 0 saturated heterocycles. The van der Waals surface area contributed by atoms with E-state index in [-0.39, 0.29) is 11.3 Å². The van der Waals surface area contributed by atoms with Crippen molar-refractivity contribution < 1.29 is 22.7 Å². The van der Waals surface area contributed by atoms with E-state index in [2.05, 4.69) is 9.97 Å². The zero-order valence-corrected chi connectivity index (χ0v) is 9.39. The minimum atomic E-state index is -4.49. The van der Waals surface area contributed by atoms with E-state index in [0.717, 1.165) is 24.4 Å². The highest BCUT2D eigenvalue weighted by molar-refractivity contribution is 5.25. The van der Waals surface area contributed by atoms with E-state index in [1.54, 1.807) is 0 Å². The summed E-state index contributed by atoms with van der Waals surface area (Å²) in [6, 6.07) is 2.88. The van der Waals surface area contributed by atoms with Gasteiger partial charge in [0, 0.05) is 18.0 Å². The summed E-state index contributed by atoms with van der Waals surface area (Å²) in [4.78, 5) is 7.08. The third kappa shape index (κ3) is 3.05. The Morgan fingerprint density at radius 3 is 2.37 bits per heavy atom. The number of alkyl halides is 3. The van der Waals surface area contributed by atoms with Crippen molar-refractivity contribution in [3.05, 3.63) is 59.4 Å². The molecule has 1 unspecified atom stereocenters. The molecule has 0 amide bonds. The van der Waals surface area contributed by atoms with Gasteiger partial charge in [0.15, 0.2) is 0 Å². The Kier molecular flexibility index (Phi) is 3.48. The molecule has 2 rings (SSSR count). The van der Waals surface area contributed by atoms with Crippen LogP contribution in [0, 0.1) is 5.82 Å². The van der Waals surface area contributed by atoms with Crippen LogP contribution in [0.2, 0.25) is 0 Å². The van der Waals surface area contributed by atoms with Gasteiger partial charge in [-0.15, -0.1) is 0 Å². The van der Waals surface area contributed by atoms with Crippen molar-refractivity contribution in [2.45, 2.75) is 12.3 Å². The van der Waals surface area contributed by atoms with Gasteiger partial charge in [0.05, 0.1) is 17.5 Å². The number of aliphatic hydroxyl groups is 1. The number of nitrogens with zero attached hydrogens (tertiary/aromatic N) is 2. The lowest BCUT2D eigenvalue weighted by Gasteiger charge is -2.11. The van der Waals surface area contributed by atoms with Crippen LogP contribution in [0.3, 0.4) is 0 Å². The van der Waals surface area contributed by atoms with Crippen LogP contribution in [0.25, 0.3) is 0 Å². The molecular formula is C12H8F4N2O. The van der Waals surface area contributed by atoms with E-state index in [1.807, 2.05) is 0 Å². The van der Waals surface area contributed by atoms with Gasteiger partial charge in [-0.05, 0) is 18.2 Å². The summed E-state index contributed by atoms with van der Waals surface area (Å²) in [5.74, 6) is -0.650. The predicted octanol–water partition coefficient (Wildman–Crippen LogP) is 2.72.